The Labute approximate surface area is 108 Å². The number of aliphatic hydroxyl groups excluding tert-OH is 1. The summed E-state index contributed by atoms with van der Waals surface area (Å²) in [7, 11) is 0. The van der Waals surface area contributed by atoms with Crippen LogP contribution in [0.2, 0.25) is 0 Å². The van der Waals surface area contributed by atoms with E-state index in [1.807, 2.05) is 0 Å². The third-order valence-electron chi connectivity index (χ3n) is 3.87. The number of anilines is 1. The molecule has 0 saturated heterocycles. The molecule has 6 heteroatoms. The van der Waals surface area contributed by atoms with Crippen molar-refractivity contribution >= 4 is 22.6 Å². The van der Waals surface area contributed by atoms with Gasteiger partial charge in [0, 0.05) is 5.69 Å². The second kappa shape index (κ2) is 4.24. The van der Waals surface area contributed by atoms with E-state index in [2.05, 4.69) is 15.3 Å². The van der Waals surface area contributed by atoms with Crippen LogP contribution in [0.5, 0.6) is 0 Å². The normalized spacial score (nSPS) is 17.1. The predicted octanol–water partition coefficient (Wildman–Crippen LogP) is 0.957. The Kier molecular flexibility index (Phi) is 2.67. The third-order valence-corrected chi connectivity index (χ3v) is 3.87. The fourth-order valence-electron chi connectivity index (χ4n) is 2.43. The summed E-state index contributed by atoms with van der Waals surface area (Å²) >= 11 is 0. The number of H-pyrrole nitrogens is 2. The molecule has 0 unspecified atom stereocenters. The standard InChI is InChI=1S/C13H15N3O3/c17-7-13(4-1-5-13)11(18)14-8-2-3-9-10(6-8)16-12(19)15-9/h2-3,6,17H,1,4-5,7H2,(H,14,18)(H2,15,16,19). The minimum absolute atomic E-state index is 0.123. The molecule has 0 atom stereocenters. The number of aromatic nitrogens is 2. The Morgan fingerprint density at radius 1 is 1.32 bits per heavy atom. The van der Waals surface area contributed by atoms with Crippen LogP contribution in [0.3, 0.4) is 0 Å². The fraction of sp³-hybridized carbons (Fsp3) is 0.385. The summed E-state index contributed by atoms with van der Waals surface area (Å²) in [4.78, 5) is 28.6. The summed E-state index contributed by atoms with van der Waals surface area (Å²) in [5.41, 5.74) is 1.07. The van der Waals surface area contributed by atoms with Gasteiger partial charge in [0.2, 0.25) is 5.91 Å². The Morgan fingerprint density at radius 3 is 2.68 bits per heavy atom. The van der Waals surface area contributed by atoms with Crippen molar-refractivity contribution in [1.82, 2.24) is 9.97 Å². The lowest BCUT2D eigenvalue weighted by Crippen LogP contribution is -2.44. The zero-order valence-electron chi connectivity index (χ0n) is 10.3. The van der Waals surface area contributed by atoms with Crippen molar-refractivity contribution < 1.29 is 9.90 Å². The highest BCUT2D eigenvalue weighted by molar-refractivity contribution is 5.97. The van der Waals surface area contributed by atoms with Crippen LogP contribution in [0.15, 0.2) is 23.0 Å². The van der Waals surface area contributed by atoms with Crippen LogP contribution in [0.1, 0.15) is 19.3 Å². The van der Waals surface area contributed by atoms with Crippen molar-refractivity contribution in [1.29, 1.82) is 0 Å². The Bertz CT molecular complexity index is 676. The number of aromatic amines is 2. The molecule has 0 spiro atoms. The number of hydrogen-bond donors (Lipinski definition) is 4. The van der Waals surface area contributed by atoms with Gasteiger partial charge in [-0.05, 0) is 31.0 Å². The quantitative estimate of drug-likeness (QED) is 0.662. The first-order valence-corrected chi connectivity index (χ1v) is 6.27. The van der Waals surface area contributed by atoms with Gasteiger partial charge in [-0.25, -0.2) is 4.79 Å². The first kappa shape index (κ1) is 12.0. The number of nitrogens with one attached hydrogen (secondary N) is 3. The number of hydrogen-bond acceptors (Lipinski definition) is 3. The zero-order chi connectivity index (χ0) is 13.5. The summed E-state index contributed by atoms with van der Waals surface area (Å²) in [6.45, 7) is -0.123. The van der Waals surface area contributed by atoms with Gasteiger partial charge in [0.05, 0.1) is 23.1 Å². The summed E-state index contributed by atoms with van der Waals surface area (Å²) in [5, 5.41) is 12.1. The molecule has 1 heterocycles. The van der Waals surface area contributed by atoms with Crippen LogP contribution in [-0.4, -0.2) is 27.6 Å². The first-order chi connectivity index (χ1) is 9.13. The monoisotopic (exact) mass is 261 g/mol. The number of carbonyl (C=O) groups is 1. The fourth-order valence-corrected chi connectivity index (χ4v) is 2.43. The summed E-state index contributed by atoms with van der Waals surface area (Å²) in [5.74, 6) is -0.154. The van der Waals surface area contributed by atoms with Crippen molar-refractivity contribution in [3.05, 3.63) is 28.7 Å². The van der Waals surface area contributed by atoms with Gasteiger partial charge in [0.1, 0.15) is 0 Å². The maximum atomic E-state index is 12.1. The maximum absolute atomic E-state index is 12.1. The number of rotatable bonds is 3. The van der Waals surface area contributed by atoms with Gasteiger partial charge >= 0.3 is 5.69 Å². The molecule has 0 bridgehead atoms. The van der Waals surface area contributed by atoms with Crippen molar-refractivity contribution in [2.24, 2.45) is 5.41 Å². The Morgan fingerprint density at radius 2 is 2.05 bits per heavy atom. The van der Waals surface area contributed by atoms with Gasteiger partial charge < -0.3 is 20.4 Å². The second-order valence-electron chi connectivity index (χ2n) is 5.09. The Balaban J connectivity index is 1.84. The van der Waals surface area contributed by atoms with E-state index < -0.39 is 5.41 Å². The van der Waals surface area contributed by atoms with Gasteiger partial charge in [-0.2, -0.15) is 0 Å². The van der Waals surface area contributed by atoms with Gasteiger partial charge in [-0.15, -0.1) is 0 Å². The minimum atomic E-state index is -0.624. The molecule has 4 N–H and O–H groups in total. The molecule has 1 fully saturated rings. The summed E-state index contributed by atoms with van der Waals surface area (Å²) < 4.78 is 0. The second-order valence-corrected chi connectivity index (χ2v) is 5.09. The number of amides is 1. The van der Waals surface area contributed by atoms with Crippen LogP contribution >= 0.6 is 0 Å². The van der Waals surface area contributed by atoms with E-state index in [1.165, 1.54) is 0 Å². The molecule has 100 valence electrons. The molecule has 1 aliphatic rings. The van der Waals surface area contributed by atoms with E-state index in [4.69, 9.17) is 0 Å². The molecule has 1 aliphatic carbocycles. The Hall–Kier alpha value is -2.08. The minimum Gasteiger partial charge on any atom is -0.395 e. The highest BCUT2D eigenvalue weighted by atomic mass is 16.3. The molecule has 3 rings (SSSR count). The molecule has 2 aromatic rings. The smallest absolute Gasteiger partial charge is 0.323 e. The van der Waals surface area contributed by atoms with Crippen LogP contribution in [0.4, 0.5) is 5.69 Å². The SMILES string of the molecule is O=C(Nc1ccc2[nH]c(=O)[nH]c2c1)C1(CO)CCC1. The average Bonchev–Trinajstić information content (AvgIpc) is 2.67. The number of fused-ring (bicyclic) bond motifs is 1. The van der Waals surface area contributed by atoms with Gasteiger partial charge in [0.15, 0.2) is 0 Å². The maximum Gasteiger partial charge on any atom is 0.323 e. The third kappa shape index (κ3) is 1.94. The van der Waals surface area contributed by atoms with Crippen molar-refractivity contribution in [3.8, 4) is 0 Å². The first-order valence-electron chi connectivity index (χ1n) is 6.27. The van der Waals surface area contributed by atoms with Crippen LogP contribution < -0.4 is 11.0 Å². The molecule has 0 radical (unpaired) electrons. The lowest BCUT2D eigenvalue weighted by Gasteiger charge is -2.38. The van der Waals surface area contributed by atoms with Crippen molar-refractivity contribution in [2.45, 2.75) is 19.3 Å². The van der Waals surface area contributed by atoms with E-state index in [0.29, 0.717) is 16.7 Å². The molecule has 1 amide bonds. The van der Waals surface area contributed by atoms with E-state index in [1.54, 1.807) is 18.2 Å². The topological polar surface area (TPSA) is 98.0 Å². The van der Waals surface area contributed by atoms with Gasteiger partial charge in [-0.1, -0.05) is 6.42 Å². The molecule has 19 heavy (non-hydrogen) atoms. The van der Waals surface area contributed by atoms with Crippen LogP contribution in [-0.2, 0) is 4.79 Å². The van der Waals surface area contributed by atoms with Gasteiger partial charge in [-0.3, -0.25) is 4.79 Å². The molecule has 1 saturated carbocycles. The number of imidazole rings is 1. The summed E-state index contributed by atoms with van der Waals surface area (Å²) in [6.07, 6.45) is 2.41. The average molecular weight is 261 g/mol. The summed E-state index contributed by atoms with van der Waals surface area (Å²) in [6, 6.07) is 5.16. The molecule has 1 aromatic carbocycles. The van der Waals surface area contributed by atoms with E-state index in [0.717, 1.165) is 19.3 Å². The molecular weight excluding hydrogens is 246 g/mol. The number of benzene rings is 1. The van der Waals surface area contributed by atoms with E-state index >= 15 is 0 Å². The lowest BCUT2D eigenvalue weighted by molar-refractivity contribution is -0.133. The van der Waals surface area contributed by atoms with Gasteiger partial charge in [0.25, 0.3) is 0 Å². The molecule has 6 nitrogen and oxygen atoms in total. The van der Waals surface area contributed by atoms with E-state index in [9.17, 15) is 14.7 Å². The zero-order valence-corrected chi connectivity index (χ0v) is 10.3. The van der Waals surface area contributed by atoms with Crippen molar-refractivity contribution in [2.75, 3.05) is 11.9 Å². The van der Waals surface area contributed by atoms with E-state index in [-0.39, 0.29) is 18.2 Å². The number of carbonyl (C=O) groups excluding carboxylic acids is 1. The highest BCUT2D eigenvalue weighted by Gasteiger charge is 2.43. The van der Waals surface area contributed by atoms with Crippen LogP contribution in [0, 0.1) is 5.41 Å². The molecule has 1 aromatic heterocycles. The largest absolute Gasteiger partial charge is 0.395 e. The molecule has 0 aliphatic heterocycles. The molecular formula is C13H15N3O3. The van der Waals surface area contributed by atoms with Crippen molar-refractivity contribution in [3.63, 3.8) is 0 Å². The highest BCUT2D eigenvalue weighted by Crippen LogP contribution is 2.41. The lowest BCUT2D eigenvalue weighted by atomic mass is 9.68. The van der Waals surface area contributed by atoms with Crippen LogP contribution in [0.25, 0.3) is 11.0 Å². The number of aliphatic hydroxyl groups is 1. The predicted molar refractivity (Wildman–Crippen MR) is 70.9 cm³/mol.